The van der Waals surface area contributed by atoms with Gasteiger partial charge in [0.2, 0.25) is 0 Å². The molecule has 1 aliphatic carbocycles. The number of nitrogen functional groups attached to an aromatic ring is 1. The monoisotopic (exact) mass is 249 g/mol. The number of carbonyl (C=O) groups is 1. The fourth-order valence-electron chi connectivity index (χ4n) is 2.44. The number of rotatable bonds is 3. The molecule has 1 aromatic carbocycles. The van der Waals surface area contributed by atoms with Gasteiger partial charge in [0, 0.05) is 5.69 Å². The van der Waals surface area contributed by atoms with Crippen LogP contribution in [0.1, 0.15) is 43.0 Å². The molecule has 0 aliphatic heterocycles. The Morgan fingerprint density at radius 3 is 2.78 bits per heavy atom. The van der Waals surface area contributed by atoms with Gasteiger partial charge in [0.15, 0.2) is 0 Å². The van der Waals surface area contributed by atoms with Gasteiger partial charge in [-0.1, -0.05) is 13.3 Å². The summed E-state index contributed by atoms with van der Waals surface area (Å²) in [7, 11) is 0. The Bertz CT molecular complexity index is 445. The third-order valence-electron chi connectivity index (χ3n) is 3.55. The average Bonchev–Trinajstić information content (AvgIpc) is 2.34. The second-order valence-electron chi connectivity index (χ2n) is 4.98. The van der Waals surface area contributed by atoms with Crippen LogP contribution in [0.2, 0.25) is 0 Å². The molecule has 4 nitrogen and oxygen atoms in total. The predicted molar refractivity (Wildman–Crippen MR) is 69.9 cm³/mol. The second-order valence-corrected chi connectivity index (χ2v) is 4.98. The summed E-state index contributed by atoms with van der Waals surface area (Å²) >= 11 is 0. The Balaban J connectivity index is 2.20. The molecule has 0 radical (unpaired) electrons. The van der Waals surface area contributed by atoms with Crippen molar-refractivity contribution in [2.24, 2.45) is 5.92 Å². The molecule has 0 saturated heterocycles. The number of aromatic carboxylic acids is 1. The minimum Gasteiger partial charge on any atom is -0.489 e. The quantitative estimate of drug-likeness (QED) is 0.808. The zero-order valence-corrected chi connectivity index (χ0v) is 10.6. The highest BCUT2D eigenvalue weighted by atomic mass is 16.5. The van der Waals surface area contributed by atoms with Crippen molar-refractivity contribution < 1.29 is 14.6 Å². The van der Waals surface area contributed by atoms with E-state index in [9.17, 15) is 4.79 Å². The summed E-state index contributed by atoms with van der Waals surface area (Å²) in [5, 5.41) is 9.15. The lowest BCUT2D eigenvalue weighted by Gasteiger charge is -2.29. The first kappa shape index (κ1) is 12.7. The maximum absolute atomic E-state index is 11.2. The summed E-state index contributed by atoms with van der Waals surface area (Å²) < 4.78 is 5.88. The highest BCUT2D eigenvalue weighted by Crippen LogP contribution is 2.30. The van der Waals surface area contributed by atoms with Gasteiger partial charge < -0.3 is 15.6 Å². The summed E-state index contributed by atoms with van der Waals surface area (Å²) in [6, 6.07) is 4.78. The molecule has 1 fully saturated rings. The SMILES string of the molecule is CC1CCCCC1Oc1ccc(N)cc1C(=O)O. The summed E-state index contributed by atoms with van der Waals surface area (Å²) in [5.74, 6) is -0.103. The van der Waals surface area contributed by atoms with Crippen LogP contribution < -0.4 is 10.5 Å². The maximum Gasteiger partial charge on any atom is 0.339 e. The molecule has 2 rings (SSSR count). The molecule has 0 heterocycles. The lowest BCUT2D eigenvalue weighted by molar-refractivity contribution is 0.0673. The van der Waals surface area contributed by atoms with E-state index in [1.54, 1.807) is 12.1 Å². The van der Waals surface area contributed by atoms with E-state index in [4.69, 9.17) is 15.6 Å². The molecular formula is C14H19NO3. The van der Waals surface area contributed by atoms with E-state index in [1.807, 2.05) is 0 Å². The lowest BCUT2D eigenvalue weighted by atomic mass is 9.88. The van der Waals surface area contributed by atoms with E-state index >= 15 is 0 Å². The molecule has 4 heteroatoms. The summed E-state index contributed by atoms with van der Waals surface area (Å²) in [5.41, 5.74) is 6.19. The van der Waals surface area contributed by atoms with Gasteiger partial charge in [-0.2, -0.15) is 0 Å². The van der Waals surface area contributed by atoms with Crippen molar-refractivity contribution >= 4 is 11.7 Å². The number of ether oxygens (including phenoxy) is 1. The van der Waals surface area contributed by atoms with Crippen LogP contribution in [-0.4, -0.2) is 17.2 Å². The first-order chi connectivity index (χ1) is 8.58. The van der Waals surface area contributed by atoms with Crippen molar-refractivity contribution in [1.82, 2.24) is 0 Å². The topological polar surface area (TPSA) is 72.5 Å². The minimum atomic E-state index is -0.999. The third-order valence-corrected chi connectivity index (χ3v) is 3.55. The Kier molecular flexibility index (Phi) is 3.75. The number of nitrogens with two attached hydrogens (primary N) is 1. The Morgan fingerprint density at radius 1 is 1.39 bits per heavy atom. The molecular weight excluding hydrogens is 230 g/mol. The van der Waals surface area contributed by atoms with E-state index in [0.717, 1.165) is 19.3 Å². The fourth-order valence-corrected chi connectivity index (χ4v) is 2.44. The summed E-state index contributed by atoms with van der Waals surface area (Å²) in [6.45, 7) is 2.15. The third kappa shape index (κ3) is 2.75. The van der Waals surface area contributed by atoms with Crippen LogP contribution in [-0.2, 0) is 0 Å². The van der Waals surface area contributed by atoms with E-state index in [-0.39, 0.29) is 11.7 Å². The van der Waals surface area contributed by atoms with Crippen LogP contribution in [0.5, 0.6) is 5.75 Å². The first-order valence-corrected chi connectivity index (χ1v) is 6.37. The molecule has 2 atom stereocenters. The van der Waals surface area contributed by atoms with Crippen molar-refractivity contribution in [3.63, 3.8) is 0 Å². The van der Waals surface area contributed by atoms with Crippen LogP contribution in [0.25, 0.3) is 0 Å². The number of carboxylic acids is 1. The van der Waals surface area contributed by atoms with Gasteiger partial charge in [0.05, 0.1) is 0 Å². The minimum absolute atomic E-state index is 0.112. The predicted octanol–water partition coefficient (Wildman–Crippen LogP) is 2.92. The fraction of sp³-hybridized carbons (Fsp3) is 0.500. The number of benzene rings is 1. The van der Waals surface area contributed by atoms with E-state index in [2.05, 4.69) is 6.92 Å². The van der Waals surface area contributed by atoms with Gasteiger partial charge in [-0.15, -0.1) is 0 Å². The molecule has 98 valence electrons. The summed E-state index contributed by atoms with van der Waals surface area (Å²) in [6.07, 6.45) is 4.62. The van der Waals surface area contributed by atoms with Crippen LogP contribution in [0.4, 0.5) is 5.69 Å². The van der Waals surface area contributed by atoms with Gasteiger partial charge in [0.25, 0.3) is 0 Å². The number of anilines is 1. The lowest BCUT2D eigenvalue weighted by Crippen LogP contribution is -2.28. The zero-order valence-electron chi connectivity index (χ0n) is 10.6. The number of hydrogen-bond donors (Lipinski definition) is 2. The van der Waals surface area contributed by atoms with Gasteiger partial charge in [-0.25, -0.2) is 4.79 Å². The van der Waals surface area contributed by atoms with Gasteiger partial charge >= 0.3 is 5.97 Å². The first-order valence-electron chi connectivity index (χ1n) is 6.37. The van der Waals surface area contributed by atoms with Crippen molar-refractivity contribution in [2.45, 2.75) is 38.7 Å². The van der Waals surface area contributed by atoms with E-state index in [0.29, 0.717) is 17.4 Å². The molecule has 1 saturated carbocycles. The van der Waals surface area contributed by atoms with Crippen molar-refractivity contribution in [3.05, 3.63) is 23.8 Å². The molecule has 3 N–H and O–H groups in total. The van der Waals surface area contributed by atoms with Gasteiger partial charge in [-0.3, -0.25) is 0 Å². The van der Waals surface area contributed by atoms with Gasteiger partial charge in [-0.05, 0) is 43.4 Å². The Hall–Kier alpha value is -1.71. The molecule has 1 aromatic rings. The van der Waals surface area contributed by atoms with Crippen molar-refractivity contribution in [1.29, 1.82) is 0 Å². The van der Waals surface area contributed by atoms with E-state index in [1.165, 1.54) is 12.5 Å². The number of carboxylic acid groups (broad SMARTS) is 1. The molecule has 18 heavy (non-hydrogen) atoms. The molecule has 0 spiro atoms. The smallest absolute Gasteiger partial charge is 0.339 e. The highest BCUT2D eigenvalue weighted by molar-refractivity contribution is 5.92. The molecule has 0 amide bonds. The van der Waals surface area contributed by atoms with Crippen LogP contribution >= 0.6 is 0 Å². The van der Waals surface area contributed by atoms with Crippen LogP contribution in [0, 0.1) is 5.92 Å². The van der Waals surface area contributed by atoms with Crippen molar-refractivity contribution in [2.75, 3.05) is 5.73 Å². The maximum atomic E-state index is 11.2. The molecule has 1 aliphatic rings. The Labute approximate surface area is 107 Å². The molecule has 0 bridgehead atoms. The zero-order chi connectivity index (χ0) is 13.1. The summed E-state index contributed by atoms with van der Waals surface area (Å²) in [4.78, 5) is 11.2. The Morgan fingerprint density at radius 2 is 2.11 bits per heavy atom. The van der Waals surface area contributed by atoms with Crippen molar-refractivity contribution in [3.8, 4) is 5.75 Å². The molecule has 0 aromatic heterocycles. The van der Waals surface area contributed by atoms with E-state index < -0.39 is 5.97 Å². The van der Waals surface area contributed by atoms with Crippen LogP contribution in [0.3, 0.4) is 0 Å². The van der Waals surface area contributed by atoms with Gasteiger partial charge in [0.1, 0.15) is 17.4 Å². The highest BCUT2D eigenvalue weighted by Gasteiger charge is 2.24. The molecule has 2 unspecified atom stereocenters. The number of hydrogen-bond acceptors (Lipinski definition) is 3. The van der Waals surface area contributed by atoms with Crippen LogP contribution in [0.15, 0.2) is 18.2 Å². The second kappa shape index (κ2) is 5.29. The average molecular weight is 249 g/mol. The standard InChI is InChI=1S/C14H19NO3/c1-9-4-2-3-5-12(9)18-13-7-6-10(15)8-11(13)14(16)17/h6-9,12H,2-5,15H2,1H3,(H,16,17). The normalized spacial score (nSPS) is 23.6. The largest absolute Gasteiger partial charge is 0.489 e.